The van der Waals surface area contributed by atoms with Crippen molar-refractivity contribution in [3.05, 3.63) is 24.3 Å². The SMILES string of the molecule is CCCCC(CC)C(=O)N(CCC)c1cccc(N)c1. The van der Waals surface area contributed by atoms with E-state index in [0.29, 0.717) is 5.69 Å². The van der Waals surface area contributed by atoms with Crippen LogP contribution in [0.3, 0.4) is 0 Å². The van der Waals surface area contributed by atoms with Gasteiger partial charge in [-0.1, -0.05) is 39.7 Å². The molecule has 0 heterocycles. The Balaban J connectivity index is 2.91. The summed E-state index contributed by atoms with van der Waals surface area (Å²) in [4.78, 5) is 14.7. The molecule has 0 aliphatic carbocycles. The highest BCUT2D eigenvalue weighted by molar-refractivity contribution is 5.95. The van der Waals surface area contributed by atoms with Gasteiger partial charge in [-0.2, -0.15) is 0 Å². The Morgan fingerprint density at radius 1 is 1.25 bits per heavy atom. The van der Waals surface area contributed by atoms with Gasteiger partial charge in [0, 0.05) is 23.8 Å². The van der Waals surface area contributed by atoms with Gasteiger partial charge in [0.1, 0.15) is 0 Å². The average molecular weight is 276 g/mol. The lowest BCUT2D eigenvalue weighted by atomic mass is 9.97. The zero-order valence-electron chi connectivity index (χ0n) is 13.1. The molecule has 1 atom stereocenters. The molecule has 0 aliphatic heterocycles. The van der Waals surface area contributed by atoms with Gasteiger partial charge in [0.25, 0.3) is 0 Å². The van der Waals surface area contributed by atoms with Crippen LogP contribution in [-0.4, -0.2) is 12.5 Å². The van der Waals surface area contributed by atoms with Gasteiger partial charge in [-0.15, -0.1) is 0 Å². The number of nitrogen functional groups attached to an aromatic ring is 1. The number of unbranched alkanes of at least 4 members (excludes halogenated alkanes) is 1. The molecule has 1 unspecified atom stereocenters. The zero-order valence-corrected chi connectivity index (χ0v) is 13.1. The third kappa shape index (κ3) is 4.55. The summed E-state index contributed by atoms with van der Waals surface area (Å²) in [6, 6.07) is 7.62. The van der Waals surface area contributed by atoms with Crippen LogP contribution in [0.25, 0.3) is 0 Å². The highest BCUT2D eigenvalue weighted by Gasteiger charge is 2.23. The number of amides is 1. The van der Waals surface area contributed by atoms with Crippen LogP contribution in [0.15, 0.2) is 24.3 Å². The molecule has 0 aliphatic rings. The minimum Gasteiger partial charge on any atom is -0.399 e. The van der Waals surface area contributed by atoms with Gasteiger partial charge in [-0.3, -0.25) is 4.79 Å². The Bertz CT molecular complexity index is 417. The summed E-state index contributed by atoms with van der Waals surface area (Å²) < 4.78 is 0. The molecule has 112 valence electrons. The van der Waals surface area contributed by atoms with Crippen molar-refractivity contribution in [2.75, 3.05) is 17.2 Å². The summed E-state index contributed by atoms with van der Waals surface area (Å²) in [6.45, 7) is 7.12. The van der Waals surface area contributed by atoms with Crippen molar-refractivity contribution in [2.45, 2.75) is 52.9 Å². The van der Waals surface area contributed by atoms with Gasteiger partial charge in [0.05, 0.1) is 0 Å². The van der Waals surface area contributed by atoms with Crippen LogP contribution in [0.5, 0.6) is 0 Å². The molecule has 0 saturated heterocycles. The minimum absolute atomic E-state index is 0.128. The third-order valence-electron chi connectivity index (χ3n) is 3.64. The summed E-state index contributed by atoms with van der Waals surface area (Å²) in [5.74, 6) is 0.372. The van der Waals surface area contributed by atoms with E-state index in [1.165, 1.54) is 0 Å². The van der Waals surface area contributed by atoms with E-state index in [0.717, 1.165) is 44.3 Å². The maximum atomic E-state index is 12.8. The number of nitrogens with two attached hydrogens (primary N) is 1. The molecule has 3 nitrogen and oxygen atoms in total. The summed E-state index contributed by atoms with van der Waals surface area (Å²) in [5.41, 5.74) is 7.47. The van der Waals surface area contributed by atoms with Crippen LogP contribution in [0.1, 0.15) is 52.9 Å². The maximum absolute atomic E-state index is 12.8. The Labute approximate surface area is 123 Å². The lowest BCUT2D eigenvalue weighted by Crippen LogP contribution is -2.36. The van der Waals surface area contributed by atoms with Crippen molar-refractivity contribution in [3.63, 3.8) is 0 Å². The molecule has 1 aromatic rings. The zero-order chi connectivity index (χ0) is 15.0. The normalized spacial score (nSPS) is 12.2. The summed E-state index contributed by atoms with van der Waals surface area (Å²) in [6.07, 6.45) is 5.08. The number of carbonyl (C=O) groups excluding carboxylic acids is 1. The number of hydrogen-bond acceptors (Lipinski definition) is 2. The van der Waals surface area contributed by atoms with E-state index in [1.54, 1.807) is 0 Å². The monoisotopic (exact) mass is 276 g/mol. The average Bonchev–Trinajstić information content (AvgIpc) is 2.45. The van der Waals surface area contributed by atoms with Crippen LogP contribution in [0.4, 0.5) is 11.4 Å². The van der Waals surface area contributed by atoms with E-state index in [2.05, 4.69) is 20.8 Å². The topological polar surface area (TPSA) is 46.3 Å². The summed E-state index contributed by atoms with van der Waals surface area (Å²) in [5, 5.41) is 0. The molecule has 0 fully saturated rings. The molecule has 0 radical (unpaired) electrons. The number of hydrogen-bond donors (Lipinski definition) is 1. The minimum atomic E-state index is 0.128. The molecule has 1 aromatic carbocycles. The van der Waals surface area contributed by atoms with Gasteiger partial charge in [0.15, 0.2) is 0 Å². The van der Waals surface area contributed by atoms with Crippen molar-refractivity contribution in [1.29, 1.82) is 0 Å². The van der Waals surface area contributed by atoms with Crippen molar-refractivity contribution in [3.8, 4) is 0 Å². The summed E-state index contributed by atoms with van der Waals surface area (Å²) in [7, 11) is 0. The van der Waals surface area contributed by atoms with Crippen molar-refractivity contribution in [2.24, 2.45) is 5.92 Å². The molecular formula is C17H28N2O. The first-order chi connectivity index (χ1) is 9.63. The molecule has 2 N–H and O–H groups in total. The smallest absolute Gasteiger partial charge is 0.230 e. The number of anilines is 2. The molecule has 20 heavy (non-hydrogen) atoms. The first-order valence-corrected chi connectivity index (χ1v) is 7.80. The maximum Gasteiger partial charge on any atom is 0.230 e. The number of rotatable bonds is 8. The molecule has 0 aromatic heterocycles. The number of carbonyl (C=O) groups is 1. The third-order valence-corrected chi connectivity index (χ3v) is 3.64. The molecule has 0 saturated carbocycles. The Kier molecular flexibility index (Phi) is 7.13. The Morgan fingerprint density at radius 3 is 2.55 bits per heavy atom. The lowest BCUT2D eigenvalue weighted by molar-refractivity contribution is -0.122. The Hall–Kier alpha value is -1.51. The van der Waals surface area contributed by atoms with E-state index in [1.807, 2.05) is 29.2 Å². The van der Waals surface area contributed by atoms with Gasteiger partial charge >= 0.3 is 0 Å². The molecule has 1 amide bonds. The molecule has 0 spiro atoms. The van der Waals surface area contributed by atoms with E-state index < -0.39 is 0 Å². The van der Waals surface area contributed by atoms with E-state index in [9.17, 15) is 4.79 Å². The van der Waals surface area contributed by atoms with Gasteiger partial charge in [-0.05, 0) is 37.5 Å². The van der Waals surface area contributed by atoms with Gasteiger partial charge < -0.3 is 10.6 Å². The standard InChI is InChI=1S/C17H28N2O/c1-4-7-9-14(6-3)17(20)19(12-5-2)16-11-8-10-15(18)13-16/h8,10-11,13-14H,4-7,9,12,18H2,1-3H3. The quantitative estimate of drug-likeness (QED) is 0.722. The van der Waals surface area contributed by atoms with Crippen LogP contribution >= 0.6 is 0 Å². The van der Waals surface area contributed by atoms with E-state index in [-0.39, 0.29) is 11.8 Å². The van der Waals surface area contributed by atoms with Crippen molar-refractivity contribution in [1.82, 2.24) is 0 Å². The highest BCUT2D eigenvalue weighted by Crippen LogP contribution is 2.23. The Morgan fingerprint density at radius 2 is 2.00 bits per heavy atom. The fourth-order valence-electron chi connectivity index (χ4n) is 2.46. The van der Waals surface area contributed by atoms with E-state index >= 15 is 0 Å². The van der Waals surface area contributed by atoms with Crippen molar-refractivity contribution >= 4 is 17.3 Å². The largest absolute Gasteiger partial charge is 0.399 e. The van der Waals surface area contributed by atoms with Gasteiger partial charge in [-0.25, -0.2) is 0 Å². The lowest BCUT2D eigenvalue weighted by Gasteiger charge is -2.27. The highest BCUT2D eigenvalue weighted by atomic mass is 16.2. The number of benzene rings is 1. The predicted octanol–water partition coefficient (Wildman–Crippen LogP) is 4.23. The molecular weight excluding hydrogens is 248 g/mol. The second-order valence-corrected chi connectivity index (χ2v) is 5.33. The molecule has 3 heteroatoms. The van der Waals surface area contributed by atoms with Gasteiger partial charge in [0.2, 0.25) is 5.91 Å². The molecule has 1 rings (SSSR count). The number of nitrogens with zero attached hydrogens (tertiary/aromatic N) is 1. The second-order valence-electron chi connectivity index (χ2n) is 5.33. The van der Waals surface area contributed by atoms with Crippen LogP contribution < -0.4 is 10.6 Å². The van der Waals surface area contributed by atoms with Crippen molar-refractivity contribution < 1.29 is 4.79 Å². The molecule has 0 bridgehead atoms. The first kappa shape index (κ1) is 16.5. The first-order valence-electron chi connectivity index (χ1n) is 7.80. The van der Waals surface area contributed by atoms with Crippen LogP contribution in [0.2, 0.25) is 0 Å². The van der Waals surface area contributed by atoms with Crippen LogP contribution in [0, 0.1) is 5.92 Å². The fourth-order valence-corrected chi connectivity index (χ4v) is 2.46. The predicted molar refractivity (Wildman–Crippen MR) is 86.8 cm³/mol. The van der Waals surface area contributed by atoms with Crippen LogP contribution in [-0.2, 0) is 4.79 Å². The fraction of sp³-hybridized carbons (Fsp3) is 0.588. The summed E-state index contributed by atoms with van der Waals surface area (Å²) >= 11 is 0. The van der Waals surface area contributed by atoms with E-state index in [4.69, 9.17) is 5.73 Å². The second kappa shape index (κ2) is 8.62.